The van der Waals surface area contributed by atoms with Gasteiger partial charge in [-0.1, -0.05) is 30.3 Å². The van der Waals surface area contributed by atoms with Crippen molar-refractivity contribution in [3.63, 3.8) is 0 Å². The first kappa shape index (κ1) is 24.2. The summed E-state index contributed by atoms with van der Waals surface area (Å²) in [5.41, 5.74) is 3.37. The van der Waals surface area contributed by atoms with Gasteiger partial charge in [-0.05, 0) is 48.4 Å². The van der Waals surface area contributed by atoms with Crippen LogP contribution in [0.4, 0.5) is 22.0 Å². The Morgan fingerprint density at radius 2 is 1.71 bits per heavy atom. The van der Waals surface area contributed by atoms with Crippen molar-refractivity contribution in [2.24, 2.45) is 0 Å². The van der Waals surface area contributed by atoms with Crippen LogP contribution in [0.5, 0.6) is 5.75 Å². The third-order valence-electron chi connectivity index (χ3n) is 4.94. The molecule has 4 N–H and O–H groups in total. The van der Waals surface area contributed by atoms with Crippen LogP contribution in [0.3, 0.4) is 0 Å². The van der Waals surface area contributed by atoms with E-state index in [4.69, 9.17) is 9.84 Å². The van der Waals surface area contributed by atoms with E-state index < -0.39 is 12.0 Å². The zero-order valence-electron chi connectivity index (χ0n) is 18.9. The van der Waals surface area contributed by atoms with Gasteiger partial charge in [0.25, 0.3) is 0 Å². The molecule has 0 bridgehead atoms. The second kappa shape index (κ2) is 11.5. The highest BCUT2D eigenvalue weighted by Crippen LogP contribution is 2.26. The van der Waals surface area contributed by atoms with Gasteiger partial charge in [-0.25, -0.2) is 9.78 Å². The molecule has 0 aliphatic rings. The van der Waals surface area contributed by atoms with Crippen LogP contribution in [0.25, 0.3) is 0 Å². The number of hydrogen-bond acceptors (Lipinski definition) is 5. The summed E-state index contributed by atoms with van der Waals surface area (Å²) in [6.45, 7) is 1.90. The summed E-state index contributed by atoms with van der Waals surface area (Å²) < 4.78 is 5.39. The van der Waals surface area contributed by atoms with Crippen molar-refractivity contribution in [3.05, 3.63) is 77.5 Å². The summed E-state index contributed by atoms with van der Waals surface area (Å²) in [5.74, 6) is -0.427. The van der Waals surface area contributed by atoms with E-state index in [1.54, 1.807) is 36.4 Å². The fraction of sp³-hybridized carbons (Fsp3) is 0.200. The number of carbonyl (C=O) groups is 3. The molecule has 9 nitrogen and oxygen atoms in total. The molecule has 3 amide bonds. The van der Waals surface area contributed by atoms with Crippen LogP contribution in [-0.4, -0.2) is 35.1 Å². The van der Waals surface area contributed by atoms with Crippen LogP contribution in [0, 0.1) is 6.92 Å². The minimum absolute atomic E-state index is 0.0342. The molecule has 0 spiro atoms. The predicted octanol–water partition coefficient (Wildman–Crippen LogP) is 4.24. The van der Waals surface area contributed by atoms with Crippen molar-refractivity contribution in [2.75, 3.05) is 23.1 Å². The number of benzene rings is 2. The normalized spacial score (nSPS) is 10.3. The Kier molecular flexibility index (Phi) is 8.17. The number of carboxylic acids is 1. The van der Waals surface area contributed by atoms with Gasteiger partial charge >= 0.3 is 12.0 Å². The third kappa shape index (κ3) is 7.06. The predicted molar refractivity (Wildman–Crippen MR) is 129 cm³/mol. The number of anilines is 3. The highest BCUT2D eigenvalue weighted by molar-refractivity contribution is 6.01. The molecule has 0 aliphatic heterocycles. The van der Waals surface area contributed by atoms with E-state index in [1.807, 2.05) is 31.2 Å². The van der Waals surface area contributed by atoms with Crippen LogP contribution in [0.1, 0.15) is 23.2 Å². The zero-order valence-corrected chi connectivity index (χ0v) is 18.9. The van der Waals surface area contributed by atoms with E-state index in [0.717, 1.165) is 5.56 Å². The van der Waals surface area contributed by atoms with E-state index in [1.165, 1.54) is 7.11 Å². The molecule has 0 aliphatic carbocycles. The number of aromatic nitrogens is 1. The molecule has 0 saturated carbocycles. The van der Waals surface area contributed by atoms with Crippen molar-refractivity contribution < 1.29 is 24.2 Å². The van der Waals surface area contributed by atoms with Gasteiger partial charge in [0.2, 0.25) is 5.91 Å². The lowest BCUT2D eigenvalue weighted by atomic mass is 10.1. The van der Waals surface area contributed by atoms with Gasteiger partial charge < -0.3 is 25.8 Å². The second-order valence-corrected chi connectivity index (χ2v) is 7.56. The molecule has 0 radical (unpaired) electrons. The Labute approximate surface area is 197 Å². The first-order valence-corrected chi connectivity index (χ1v) is 10.6. The van der Waals surface area contributed by atoms with Gasteiger partial charge in [-0.3, -0.25) is 9.59 Å². The maximum Gasteiger partial charge on any atom is 0.323 e. The average molecular weight is 463 g/mol. The molecule has 1 aromatic heterocycles. The van der Waals surface area contributed by atoms with Gasteiger partial charge in [0.05, 0.1) is 25.6 Å². The minimum Gasteiger partial charge on any atom is -0.495 e. The van der Waals surface area contributed by atoms with Crippen molar-refractivity contribution in [1.82, 2.24) is 4.98 Å². The Bertz CT molecular complexity index is 1200. The fourth-order valence-electron chi connectivity index (χ4n) is 3.23. The molecule has 3 aromatic rings. The van der Waals surface area contributed by atoms with Crippen molar-refractivity contribution >= 4 is 35.1 Å². The van der Waals surface area contributed by atoms with E-state index >= 15 is 0 Å². The van der Waals surface area contributed by atoms with E-state index in [2.05, 4.69) is 20.9 Å². The summed E-state index contributed by atoms with van der Waals surface area (Å²) in [6.07, 6.45) is 0.308. The molecule has 0 fully saturated rings. The number of hydrogen-bond donors (Lipinski definition) is 4. The molecular weight excluding hydrogens is 436 g/mol. The number of rotatable bonds is 9. The van der Waals surface area contributed by atoms with Crippen LogP contribution in [0.2, 0.25) is 0 Å². The molecule has 0 atom stereocenters. The standard InChI is InChI=1S/C25H26N4O5/c1-16-6-3-4-8-19(16)27-25(33)28-20-12-10-17(14-21(20)34-2)15-23(30)29-22-9-5-7-18(26-22)11-13-24(31)32/h3-10,12,14H,11,13,15H2,1-2H3,(H,31,32)(H,26,29,30)(H2,27,28,33). The molecule has 3 rings (SSSR count). The number of carboxylic acid groups (broad SMARTS) is 1. The number of ether oxygens (including phenoxy) is 1. The Balaban J connectivity index is 1.61. The first-order valence-electron chi connectivity index (χ1n) is 10.6. The van der Waals surface area contributed by atoms with E-state index in [-0.39, 0.29) is 25.2 Å². The Hall–Kier alpha value is -4.40. The van der Waals surface area contributed by atoms with Gasteiger partial charge in [-0.15, -0.1) is 0 Å². The minimum atomic E-state index is -0.907. The number of aryl methyl sites for hydroxylation is 2. The van der Waals surface area contributed by atoms with Crippen molar-refractivity contribution in [2.45, 2.75) is 26.2 Å². The van der Waals surface area contributed by atoms with Crippen LogP contribution < -0.4 is 20.7 Å². The number of nitrogens with zero attached hydrogens (tertiary/aromatic N) is 1. The smallest absolute Gasteiger partial charge is 0.323 e. The summed E-state index contributed by atoms with van der Waals surface area (Å²) >= 11 is 0. The SMILES string of the molecule is COc1cc(CC(=O)Nc2cccc(CCC(=O)O)n2)ccc1NC(=O)Nc1ccccc1C. The number of aliphatic carboxylic acids is 1. The lowest BCUT2D eigenvalue weighted by molar-refractivity contribution is -0.137. The highest BCUT2D eigenvalue weighted by Gasteiger charge is 2.12. The molecule has 176 valence electrons. The largest absolute Gasteiger partial charge is 0.495 e. The van der Waals surface area contributed by atoms with Gasteiger partial charge in [0.15, 0.2) is 0 Å². The number of nitrogens with one attached hydrogen (secondary N) is 3. The van der Waals surface area contributed by atoms with Crippen LogP contribution >= 0.6 is 0 Å². The molecule has 0 unspecified atom stereocenters. The molecular formula is C25H26N4O5. The monoisotopic (exact) mass is 462 g/mol. The number of carbonyl (C=O) groups excluding carboxylic acids is 2. The van der Waals surface area contributed by atoms with Crippen molar-refractivity contribution in [1.29, 1.82) is 0 Å². The van der Waals surface area contributed by atoms with Crippen LogP contribution in [0.15, 0.2) is 60.7 Å². The third-order valence-corrected chi connectivity index (χ3v) is 4.94. The van der Waals surface area contributed by atoms with E-state index in [0.29, 0.717) is 34.2 Å². The maximum absolute atomic E-state index is 12.5. The average Bonchev–Trinajstić information content (AvgIpc) is 2.80. The highest BCUT2D eigenvalue weighted by atomic mass is 16.5. The molecule has 0 saturated heterocycles. The van der Waals surface area contributed by atoms with Gasteiger partial charge in [0, 0.05) is 17.8 Å². The quantitative estimate of drug-likeness (QED) is 0.376. The Morgan fingerprint density at radius 1 is 0.941 bits per heavy atom. The van der Waals surface area contributed by atoms with Gasteiger partial charge in [-0.2, -0.15) is 0 Å². The number of pyridine rings is 1. The summed E-state index contributed by atoms with van der Waals surface area (Å²) in [5, 5.41) is 17.1. The zero-order chi connectivity index (χ0) is 24.5. The lowest BCUT2D eigenvalue weighted by Crippen LogP contribution is -2.20. The molecule has 2 aromatic carbocycles. The number of methoxy groups -OCH3 is 1. The number of urea groups is 1. The van der Waals surface area contributed by atoms with Gasteiger partial charge in [0.1, 0.15) is 11.6 Å². The molecule has 34 heavy (non-hydrogen) atoms. The van der Waals surface area contributed by atoms with E-state index in [9.17, 15) is 14.4 Å². The molecule has 9 heteroatoms. The van der Waals surface area contributed by atoms with Crippen LogP contribution in [-0.2, 0) is 22.4 Å². The topological polar surface area (TPSA) is 130 Å². The maximum atomic E-state index is 12.5. The fourth-order valence-corrected chi connectivity index (χ4v) is 3.23. The summed E-state index contributed by atoms with van der Waals surface area (Å²) in [4.78, 5) is 39.9. The Morgan fingerprint density at radius 3 is 2.44 bits per heavy atom. The number of amides is 3. The molecule has 1 heterocycles. The lowest BCUT2D eigenvalue weighted by Gasteiger charge is -2.14. The number of para-hydroxylation sites is 1. The first-order chi connectivity index (χ1) is 16.3. The second-order valence-electron chi connectivity index (χ2n) is 7.56. The van der Waals surface area contributed by atoms with Crippen molar-refractivity contribution in [3.8, 4) is 5.75 Å². The summed E-state index contributed by atoms with van der Waals surface area (Å²) in [7, 11) is 1.48. The summed E-state index contributed by atoms with van der Waals surface area (Å²) in [6, 6.07) is 17.2.